The first-order chi connectivity index (χ1) is 8.54. The largest absolute Gasteiger partial charge is 0.441 e. The molecule has 0 spiro atoms. The van der Waals surface area contributed by atoms with Gasteiger partial charge in [0.2, 0.25) is 14.9 Å². The van der Waals surface area contributed by atoms with Gasteiger partial charge in [0.1, 0.15) is 11.8 Å². The lowest BCUT2D eigenvalue weighted by Crippen LogP contribution is -1.93. The Morgan fingerprint density at radius 1 is 1.33 bits per heavy atom. The smallest absolute Gasteiger partial charge is 0.218 e. The van der Waals surface area contributed by atoms with Crippen LogP contribution in [0.15, 0.2) is 34.2 Å². The van der Waals surface area contributed by atoms with Gasteiger partial charge in [-0.1, -0.05) is 0 Å². The molecule has 8 heteroatoms. The van der Waals surface area contributed by atoms with Gasteiger partial charge in [-0.25, -0.2) is 23.4 Å². The molecular formula is C10H8N4O3S. The summed E-state index contributed by atoms with van der Waals surface area (Å²) in [5.74, 6) is 0.758. The van der Waals surface area contributed by atoms with Crippen molar-refractivity contribution in [1.82, 2.24) is 19.9 Å². The molecule has 7 nitrogen and oxygen atoms in total. The summed E-state index contributed by atoms with van der Waals surface area (Å²) in [5, 5.41) is -0.0935. The summed E-state index contributed by atoms with van der Waals surface area (Å²) in [4.78, 5) is 15.0. The van der Waals surface area contributed by atoms with Gasteiger partial charge in [0, 0.05) is 6.26 Å². The zero-order chi connectivity index (χ0) is 12.8. The molecule has 0 unspecified atom stereocenters. The predicted octanol–water partition coefficient (Wildman–Crippen LogP) is 1.02. The molecule has 3 rings (SSSR count). The lowest BCUT2D eigenvalue weighted by atomic mass is 10.4. The maximum Gasteiger partial charge on any atom is 0.218 e. The summed E-state index contributed by atoms with van der Waals surface area (Å²) in [6, 6.07) is 2.94. The first-order valence-corrected chi connectivity index (χ1v) is 6.89. The van der Waals surface area contributed by atoms with Gasteiger partial charge in [-0.2, -0.15) is 0 Å². The fourth-order valence-electron chi connectivity index (χ4n) is 1.53. The predicted molar refractivity (Wildman–Crippen MR) is 62.5 cm³/mol. The van der Waals surface area contributed by atoms with E-state index in [1.165, 1.54) is 12.4 Å². The van der Waals surface area contributed by atoms with Crippen LogP contribution in [0.1, 0.15) is 0 Å². The van der Waals surface area contributed by atoms with Crippen molar-refractivity contribution in [2.45, 2.75) is 5.09 Å². The van der Waals surface area contributed by atoms with E-state index in [1.54, 1.807) is 12.3 Å². The fourth-order valence-corrected chi connectivity index (χ4v) is 2.08. The second kappa shape index (κ2) is 3.64. The average Bonchev–Trinajstić information content (AvgIpc) is 2.94. The third-order valence-electron chi connectivity index (χ3n) is 2.34. The molecule has 0 saturated heterocycles. The van der Waals surface area contributed by atoms with Crippen molar-refractivity contribution in [3.63, 3.8) is 0 Å². The lowest BCUT2D eigenvalue weighted by Gasteiger charge is -1.91. The zero-order valence-electron chi connectivity index (χ0n) is 9.28. The summed E-state index contributed by atoms with van der Waals surface area (Å²) in [6.07, 6.45) is 4.05. The highest BCUT2D eigenvalue weighted by Gasteiger charge is 2.15. The van der Waals surface area contributed by atoms with Crippen LogP contribution < -0.4 is 0 Å². The van der Waals surface area contributed by atoms with E-state index in [0.717, 1.165) is 6.26 Å². The van der Waals surface area contributed by atoms with Crippen molar-refractivity contribution < 1.29 is 12.8 Å². The van der Waals surface area contributed by atoms with Crippen molar-refractivity contribution in [2.24, 2.45) is 0 Å². The second-order valence-electron chi connectivity index (χ2n) is 3.74. The van der Waals surface area contributed by atoms with Gasteiger partial charge in [0.25, 0.3) is 0 Å². The number of furan rings is 1. The number of nitrogens with one attached hydrogen (secondary N) is 1. The molecule has 0 amide bonds. The molecule has 0 bridgehead atoms. The maximum absolute atomic E-state index is 11.3. The SMILES string of the molecule is CS(=O)(=O)c1ccc(-c2nc3ncncc3[nH]2)o1. The fraction of sp³-hybridized carbons (Fsp3) is 0.100. The maximum atomic E-state index is 11.3. The average molecular weight is 264 g/mol. The molecule has 0 saturated carbocycles. The number of sulfone groups is 1. The Bertz CT molecular complexity index is 785. The van der Waals surface area contributed by atoms with Gasteiger partial charge in [-0.05, 0) is 12.1 Å². The molecule has 18 heavy (non-hydrogen) atoms. The number of hydrogen-bond donors (Lipinski definition) is 1. The van der Waals surface area contributed by atoms with Crippen LogP contribution in [-0.2, 0) is 9.84 Å². The number of H-pyrrole nitrogens is 1. The number of hydrogen-bond acceptors (Lipinski definition) is 6. The summed E-state index contributed by atoms with van der Waals surface area (Å²) < 4.78 is 27.8. The Balaban J connectivity index is 2.12. The van der Waals surface area contributed by atoms with Crippen LogP contribution in [-0.4, -0.2) is 34.6 Å². The summed E-state index contributed by atoms with van der Waals surface area (Å²) >= 11 is 0. The summed E-state index contributed by atoms with van der Waals surface area (Å²) in [5.41, 5.74) is 1.15. The van der Waals surface area contributed by atoms with Crippen molar-refractivity contribution in [3.8, 4) is 11.6 Å². The van der Waals surface area contributed by atoms with E-state index in [9.17, 15) is 8.42 Å². The molecule has 0 aliphatic rings. The normalized spacial score (nSPS) is 12.1. The first-order valence-electron chi connectivity index (χ1n) is 5.00. The van der Waals surface area contributed by atoms with Gasteiger partial charge < -0.3 is 9.40 Å². The number of nitrogens with zero attached hydrogens (tertiary/aromatic N) is 3. The Labute approximate surface area is 102 Å². The highest BCUT2D eigenvalue weighted by molar-refractivity contribution is 7.90. The molecule has 3 heterocycles. The molecule has 0 radical (unpaired) electrons. The Morgan fingerprint density at radius 3 is 2.83 bits per heavy atom. The van der Waals surface area contributed by atoms with Crippen molar-refractivity contribution in [2.75, 3.05) is 6.26 Å². The monoisotopic (exact) mass is 264 g/mol. The number of rotatable bonds is 2. The van der Waals surface area contributed by atoms with E-state index in [4.69, 9.17) is 4.42 Å². The lowest BCUT2D eigenvalue weighted by molar-refractivity contribution is 0.461. The Hall–Kier alpha value is -2.22. The number of imidazole rings is 1. The molecule has 1 N–H and O–H groups in total. The third kappa shape index (κ3) is 1.76. The van der Waals surface area contributed by atoms with Gasteiger partial charge in [-0.15, -0.1) is 0 Å². The minimum atomic E-state index is -3.36. The van der Waals surface area contributed by atoms with E-state index >= 15 is 0 Å². The van der Waals surface area contributed by atoms with Crippen molar-refractivity contribution >= 4 is 21.0 Å². The summed E-state index contributed by atoms with van der Waals surface area (Å²) in [6.45, 7) is 0. The van der Waals surface area contributed by atoms with Crippen LogP contribution in [0, 0.1) is 0 Å². The topological polar surface area (TPSA) is 102 Å². The molecule has 0 aliphatic heterocycles. The van der Waals surface area contributed by atoms with Crippen LogP contribution >= 0.6 is 0 Å². The highest BCUT2D eigenvalue weighted by atomic mass is 32.2. The molecular weight excluding hydrogens is 256 g/mol. The number of fused-ring (bicyclic) bond motifs is 1. The molecule has 0 atom stereocenters. The van der Waals surface area contributed by atoms with Crippen LogP contribution in [0.5, 0.6) is 0 Å². The van der Waals surface area contributed by atoms with E-state index in [0.29, 0.717) is 22.7 Å². The molecule has 92 valence electrons. The van der Waals surface area contributed by atoms with Crippen LogP contribution in [0.4, 0.5) is 0 Å². The van der Waals surface area contributed by atoms with Crippen LogP contribution in [0.3, 0.4) is 0 Å². The van der Waals surface area contributed by atoms with Gasteiger partial charge in [0.15, 0.2) is 17.2 Å². The number of aromatic nitrogens is 4. The molecule has 0 aromatic carbocycles. The second-order valence-corrected chi connectivity index (χ2v) is 5.68. The van der Waals surface area contributed by atoms with E-state index in [-0.39, 0.29) is 5.09 Å². The zero-order valence-corrected chi connectivity index (χ0v) is 10.1. The van der Waals surface area contributed by atoms with Crippen LogP contribution in [0.25, 0.3) is 22.7 Å². The third-order valence-corrected chi connectivity index (χ3v) is 3.29. The van der Waals surface area contributed by atoms with E-state index in [1.807, 2.05) is 0 Å². The quantitative estimate of drug-likeness (QED) is 0.741. The van der Waals surface area contributed by atoms with E-state index in [2.05, 4.69) is 19.9 Å². The van der Waals surface area contributed by atoms with Gasteiger partial charge in [-0.3, -0.25) is 0 Å². The molecule has 3 aromatic heterocycles. The Kier molecular flexibility index (Phi) is 2.20. The highest BCUT2D eigenvalue weighted by Crippen LogP contribution is 2.23. The minimum Gasteiger partial charge on any atom is -0.441 e. The molecule has 0 aliphatic carbocycles. The van der Waals surface area contributed by atoms with E-state index < -0.39 is 9.84 Å². The first kappa shape index (κ1) is 10.9. The van der Waals surface area contributed by atoms with Gasteiger partial charge >= 0.3 is 0 Å². The summed E-state index contributed by atoms with van der Waals surface area (Å²) in [7, 11) is -3.36. The standard InChI is InChI=1S/C10H8N4O3S/c1-18(15,16)8-3-2-7(17-8)10-13-6-4-11-5-12-9(6)14-10/h2-5H,1H3,(H,11,12,13,14). The number of aromatic amines is 1. The Morgan fingerprint density at radius 2 is 2.17 bits per heavy atom. The van der Waals surface area contributed by atoms with Gasteiger partial charge in [0.05, 0.1) is 6.20 Å². The van der Waals surface area contributed by atoms with Crippen LogP contribution in [0.2, 0.25) is 0 Å². The minimum absolute atomic E-state index is 0.0935. The molecule has 3 aromatic rings. The van der Waals surface area contributed by atoms with Crippen molar-refractivity contribution in [1.29, 1.82) is 0 Å². The van der Waals surface area contributed by atoms with Crippen molar-refractivity contribution in [3.05, 3.63) is 24.7 Å². The molecule has 0 fully saturated rings.